The Bertz CT molecular complexity index is 12.8. The third kappa shape index (κ3) is 701. The third-order valence-electron chi connectivity index (χ3n) is 0. The van der Waals surface area contributed by atoms with Crippen molar-refractivity contribution in [2.45, 2.75) is 29.7 Å². The van der Waals surface area contributed by atoms with E-state index in [9.17, 15) is 0 Å². The van der Waals surface area contributed by atoms with Gasteiger partial charge in [0.05, 0.1) is 0 Å². The molecule has 0 radical (unpaired) electrons. The zero-order chi connectivity index (χ0) is 2.00. The molecule has 0 atom stereocenters. The maximum atomic E-state index is 7.50. The van der Waals surface area contributed by atoms with Crippen LogP contribution in [0.2, 0.25) is 0 Å². The van der Waals surface area contributed by atoms with Crippen LogP contribution in [-0.4, -0.2) is 0 Å². The van der Waals surface area contributed by atoms with Gasteiger partial charge in [0, 0.05) is 0 Å². The molecular weight excluding hydrogens is 95.1 g/mol. The summed E-state index contributed by atoms with van der Waals surface area (Å²) in [5.41, 5.74) is 0. The summed E-state index contributed by atoms with van der Waals surface area (Å²) in [6.07, 6.45) is 0. The van der Waals surface area contributed by atoms with E-state index in [2.05, 4.69) is 6.65 Å². The van der Waals surface area contributed by atoms with Crippen LogP contribution < -0.4 is 0 Å². The summed E-state index contributed by atoms with van der Waals surface area (Å²) < 4.78 is 7.50. The van der Waals surface area contributed by atoms with Gasteiger partial charge in [0.1, 0.15) is 0 Å². The monoisotopic (exact) mass is 112 g/mol. The molecule has 0 rings (SSSR count). The van der Waals surface area contributed by atoms with E-state index < -0.39 is 0 Å². The normalized spacial score (nSPS) is 0.286. The molecular formula is C5H17FO. The summed E-state index contributed by atoms with van der Waals surface area (Å²) in [6, 6.07) is 0. The number of halogens is 1. The molecule has 50 valence electrons. The number of rotatable bonds is 0. The second-order valence-corrected chi connectivity index (χ2v) is 0. The molecule has 0 saturated carbocycles. The van der Waals surface area contributed by atoms with Crippen LogP contribution in [0.15, 0.2) is 0 Å². The molecule has 0 unspecified atom stereocenters. The molecule has 0 heterocycles. The van der Waals surface area contributed by atoms with E-state index >= 15 is 0 Å². The van der Waals surface area contributed by atoms with Crippen LogP contribution in [-0.2, 0) is 4.65 Å². The number of hydrogen-bond acceptors (Lipinski definition) is 0. The summed E-state index contributed by atoms with van der Waals surface area (Å²) in [6.45, 7) is 4.50. The third-order valence-corrected chi connectivity index (χ3v) is 0. The summed E-state index contributed by atoms with van der Waals surface area (Å²) >= 11 is 0. The van der Waals surface area contributed by atoms with Gasteiger partial charge >= 0.3 is 11.3 Å². The van der Waals surface area contributed by atoms with Crippen molar-refractivity contribution in [3.63, 3.8) is 0 Å². The van der Waals surface area contributed by atoms with Crippen LogP contribution in [0.4, 0.5) is 4.70 Å². The quantitative estimate of drug-likeness (QED) is 0.339. The summed E-state index contributed by atoms with van der Waals surface area (Å²) in [7, 11) is 0. The Kier molecular flexibility index (Phi) is 77500. The van der Waals surface area contributed by atoms with Gasteiger partial charge in [-0.3, -0.25) is 4.70 Å². The fourth-order valence-electron chi connectivity index (χ4n) is 0. The van der Waals surface area contributed by atoms with E-state index in [1.54, 1.807) is 0 Å². The molecule has 0 aliphatic heterocycles. The predicted molar refractivity (Wildman–Crippen MR) is 33.4 cm³/mol. The molecule has 0 aromatic carbocycles. The summed E-state index contributed by atoms with van der Waals surface area (Å²) in [5.74, 6) is 0. The van der Waals surface area contributed by atoms with Crippen molar-refractivity contribution >= 4 is 0 Å². The minimum atomic E-state index is 0. The Morgan fingerprint density at radius 1 is 0.714 bits per heavy atom. The Morgan fingerprint density at radius 2 is 0.714 bits per heavy atom. The Labute approximate surface area is 46.8 Å². The van der Waals surface area contributed by atoms with E-state index in [0.717, 1.165) is 0 Å². The first kappa shape index (κ1) is 478. The molecule has 0 bridgehead atoms. The molecule has 0 aromatic heterocycles. The fraction of sp³-hybridized carbons (Fsp3) is 0.800. The summed E-state index contributed by atoms with van der Waals surface area (Å²) in [5, 5.41) is 0. The molecule has 0 amide bonds. The van der Waals surface area contributed by atoms with Crippen molar-refractivity contribution in [1.82, 2.24) is 0 Å². The first-order valence-corrected chi connectivity index (χ1v) is 0.204. The number of hydrogen-bond donors (Lipinski definition) is 0. The van der Waals surface area contributed by atoms with Crippen LogP contribution in [0.3, 0.4) is 0 Å². The predicted octanol–water partition coefficient (Wildman–Crippen LogP) is 2.66. The SMILES string of the molecule is C.C.C.C.F.[C-]#[O+]. The van der Waals surface area contributed by atoms with Gasteiger partial charge in [-0.15, -0.1) is 0 Å². The topological polar surface area (TPSA) is 19.9 Å². The van der Waals surface area contributed by atoms with Gasteiger partial charge in [-0.05, 0) is 0 Å². The van der Waals surface area contributed by atoms with Crippen LogP contribution in [0.25, 0.3) is 0 Å². The molecule has 0 spiro atoms. The molecule has 0 aromatic rings. The van der Waals surface area contributed by atoms with Crippen molar-refractivity contribution in [2.24, 2.45) is 0 Å². The van der Waals surface area contributed by atoms with Crippen LogP contribution in [0.1, 0.15) is 29.7 Å². The first-order chi connectivity index (χ1) is 1.00. The molecule has 0 N–H and O–H groups in total. The Morgan fingerprint density at radius 3 is 0.714 bits per heavy atom. The Hall–Kier alpha value is -0.330. The zero-order valence-corrected chi connectivity index (χ0v) is 1.32. The molecule has 0 aliphatic carbocycles. The standard InChI is InChI=1S/CO.4CH4.FH/c1-2;;;;;/h;4*1H4;1H. The fourth-order valence-corrected chi connectivity index (χ4v) is 0. The van der Waals surface area contributed by atoms with Gasteiger partial charge in [0.15, 0.2) is 0 Å². The van der Waals surface area contributed by atoms with E-state index in [1.807, 2.05) is 0 Å². The van der Waals surface area contributed by atoms with Gasteiger partial charge < -0.3 is 0 Å². The first-order valence-electron chi connectivity index (χ1n) is 0.204. The van der Waals surface area contributed by atoms with Gasteiger partial charge in [-0.2, -0.15) is 0 Å². The van der Waals surface area contributed by atoms with Crippen LogP contribution in [0.5, 0.6) is 0 Å². The second kappa shape index (κ2) is 1140. The van der Waals surface area contributed by atoms with Crippen LogP contribution >= 0.6 is 0 Å². The maximum absolute atomic E-state index is 7.50. The molecule has 0 saturated heterocycles. The van der Waals surface area contributed by atoms with Crippen LogP contribution in [0, 0.1) is 6.65 Å². The van der Waals surface area contributed by atoms with Gasteiger partial charge in [-0.25, -0.2) is 0 Å². The molecule has 0 aliphatic rings. The second-order valence-electron chi connectivity index (χ2n) is 0. The van der Waals surface area contributed by atoms with Gasteiger partial charge in [0.25, 0.3) is 0 Å². The van der Waals surface area contributed by atoms with Crippen molar-refractivity contribution in [3.8, 4) is 0 Å². The molecule has 0 fully saturated rings. The van der Waals surface area contributed by atoms with E-state index in [1.165, 1.54) is 0 Å². The van der Waals surface area contributed by atoms with Crippen molar-refractivity contribution in [2.75, 3.05) is 0 Å². The zero-order valence-electron chi connectivity index (χ0n) is 1.32. The Balaban J connectivity index is -0.000000000500. The van der Waals surface area contributed by atoms with E-state index in [4.69, 9.17) is 4.65 Å². The molecule has 2 heteroatoms. The van der Waals surface area contributed by atoms with Gasteiger partial charge in [0.2, 0.25) is 0 Å². The van der Waals surface area contributed by atoms with Gasteiger partial charge in [-0.1, -0.05) is 29.7 Å². The summed E-state index contributed by atoms with van der Waals surface area (Å²) in [4.78, 5) is 0. The van der Waals surface area contributed by atoms with E-state index in [-0.39, 0.29) is 34.4 Å². The average molecular weight is 112 g/mol. The molecule has 7 heavy (non-hydrogen) atoms. The minimum absolute atomic E-state index is 0. The average Bonchev–Trinajstić information content (AvgIpc) is 1.00. The van der Waals surface area contributed by atoms with Crippen molar-refractivity contribution in [1.29, 1.82) is 0 Å². The van der Waals surface area contributed by atoms with Crippen molar-refractivity contribution in [3.05, 3.63) is 6.65 Å². The van der Waals surface area contributed by atoms with Crippen molar-refractivity contribution < 1.29 is 9.36 Å². The van der Waals surface area contributed by atoms with E-state index in [0.29, 0.717) is 0 Å². The molecule has 1 nitrogen and oxygen atoms in total.